The molecule has 5 aromatic rings. The van der Waals surface area contributed by atoms with E-state index in [1.165, 1.54) is 26.4 Å². The lowest BCUT2D eigenvalue weighted by Gasteiger charge is -2.11. The Morgan fingerprint density at radius 1 is 0.778 bits per heavy atom. The van der Waals surface area contributed by atoms with Crippen molar-refractivity contribution in [1.29, 1.82) is 0 Å². The van der Waals surface area contributed by atoms with Crippen LogP contribution in [-0.2, 0) is 0 Å². The van der Waals surface area contributed by atoms with Gasteiger partial charge in [-0.25, -0.2) is 25.1 Å². The smallest absolute Gasteiger partial charge is 0.332 e. The van der Waals surface area contributed by atoms with Gasteiger partial charge >= 0.3 is 12.1 Å². The Labute approximate surface area is 315 Å². The Balaban J connectivity index is 1.79. The topological polar surface area (TPSA) is 212 Å². The molecule has 0 radical (unpaired) electrons. The number of hydrazone groups is 2. The minimum Gasteiger partial charge on any atom is -0.504 e. The molecule has 0 spiro atoms. The number of hydrogen-bond donors (Lipinski definition) is 6. The van der Waals surface area contributed by atoms with E-state index in [2.05, 4.69) is 21.1 Å². The zero-order chi connectivity index (χ0) is 38.6. The summed E-state index contributed by atoms with van der Waals surface area (Å²) in [5, 5.41) is 34.4. The number of nitrogens with two attached hydrogens (primary N) is 2. The summed E-state index contributed by atoms with van der Waals surface area (Å²) in [5.41, 5.74) is 19.7. The van der Waals surface area contributed by atoms with Crippen LogP contribution in [-0.4, -0.2) is 57.7 Å². The van der Waals surface area contributed by atoms with Gasteiger partial charge in [-0.3, -0.25) is 0 Å². The SMILES string of the molecule is COc1cc(/C=C/C(=N\NC(N)=O)C(=Cc2cn(-c3ccccc3)nc2-c2ccc(Cl)cc2)C(/C=C/c2ccc(O)c(OC)c2)=N/NC(N)=O)ccc1O. The zero-order valence-electron chi connectivity index (χ0n) is 29.0. The number of phenolic OH excluding ortho intramolecular Hbond substituents is 2. The van der Waals surface area contributed by atoms with Gasteiger partial charge in [-0.2, -0.15) is 15.3 Å². The van der Waals surface area contributed by atoms with Gasteiger partial charge in [-0.05, 0) is 77.9 Å². The number of aromatic nitrogens is 2. The van der Waals surface area contributed by atoms with Crippen LogP contribution in [0.5, 0.6) is 23.0 Å². The number of benzene rings is 4. The molecule has 1 aromatic heterocycles. The summed E-state index contributed by atoms with van der Waals surface area (Å²) >= 11 is 6.24. The van der Waals surface area contributed by atoms with Crippen molar-refractivity contribution in [3.8, 4) is 39.9 Å². The van der Waals surface area contributed by atoms with Crippen LogP contribution in [0.25, 0.3) is 35.2 Å². The zero-order valence-corrected chi connectivity index (χ0v) is 29.7. The van der Waals surface area contributed by atoms with E-state index in [4.69, 9.17) is 37.6 Å². The third-order valence-electron chi connectivity index (χ3n) is 7.58. The van der Waals surface area contributed by atoms with Crippen LogP contribution in [0.4, 0.5) is 9.59 Å². The molecule has 0 fully saturated rings. The molecule has 14 nitrogen and oxygen atoms in total. The molecule has 0 atom stereocenters. The maximum atomic E-state index is 12.0. The van der Waals surface area contributed by atoms with Gasteiger partial charge < -0.3 is 31.2 Å². The number of para-hydroxylation sites is 1. The first-order chi connectivity index (χ1) is 26.0. The van der Waals surface area contributed by atoms with Crippen LogP contribution >= 0.6 is 11.6 Å². The molecule has 0 unspecified atom stereocenters. The molecular weight excluding hydrogens is 712 g/mol. The van der Waals surface area contributed by atoms with Crippen molar-refractivity contribution in [3.63, 3.8) is 0 Å². The molecular formula is C39H35ClN8O6. The standard InChI is InChI=1S/C39H35ClN8O6/c1-53-35-20-24(10-18-33(35)49)8-16-31(43-45-38(41)51)30(32(44-46-39(42)52)17-9-25-11-19-34(50)36(21-25)54-2)22-27-23-48(29-6-4-3-5-7-29)47-37(27)26-12-14-28(40)15-13-26/h3-23,49-50H,1-2H3,(H3,41,45,51)(H3,42,46,52)/b16-8+,17-9+,43-31+,44-32+. The predicted molar refractivity (Wildman–Crippen MR) is 210 cm³/mol. The van der Waals surface area contributed by atoms with Gasteiger partial charge in [-0.1, -0.05) is 66.2 Å². The monoisotopic (exact) mass is 746 g/mol. The number of phenols is 2. The molecule has 4 aromatic carbocycles. The Morgan fingerprint density at radius 3 is 1.78 bits per heavy atom. The van der Waals surface area contributed by atoms with Gasteiger partial charge in [0.1, 0.15) is 0 Å². The first-order valence-electron chi connectivity index (χ1n) is 16.0. The van der Waals surface area contributed by atoms with Crippen molar-refractivity contribution in [2.24, 2.45) is 21.7 Å². The summed E-state index contributed by atoms with van der Waals surface area (Å²) in [6.45, 7) is 0. The minimum atomic E-state index is -0.953. The van der Waals surface area contributed by atoms with E-state index in [0.717, 1.165) is 11.3 Å². The quantitative estimate of drug-likeness (QED) is 0.0582. The average molecular weight is 747 g/mol. The highest BCUT2D eigenvalue weighted by Gasteiger charge is 2.18. The van der Waals surface area contributed by atoms with Gasteiger partial charge in [0.15, 0.2) is 23.0 Å². The maximum Gasteiger partial charge on any atom is 0.332 e. The van der Waals surface area contributed by atoms with Gasteiger partial charge in [0.05, 0.1) is 37.0 Å². The molecule has 4 amide bonds. The molecule has 0 saturated heterocycles. The number of amides is 4. The van der Waals surface area contributed by atoms with Gasteiger partial charge in [-0.15, -0.1) is 0 Å². The molecule has 5 rings (SSSR count). The number of hydrogen-bond acceptors (Lipinski definition) is 9. The van der Waals surface area contributed by atoms with Crippen molar-refractivity contribution < 1.29 is 29.3 Å². The van der Waals surface area contributed by atoms with Gasteiger partial charge in [0.2, 0.25) is 0 Å². The molecule has 15 heteroatoms. The number of nitrogens with one attached hydrogen (secondary N) is 2. The number of urea groups is 2. The van der Waals surface area contributed by atoms with E-state index in [1.807, 2.05) is 42.5 Å². The lowest BCUT2D eigenvalue weighted by Crippen LogP contribution is -2.28. The number of ether oxygens (including phenoxy) is 2. The largest absolute Gasteiger partial charge is 0.504 e. The Kier molecular flexibility index (Phi) is 12.5. The third kappa shape index (κ3) is 9.92. The Morgan fingerprint density at radius 2 is 1.30 bits per heavy atom. The number of allylic oxidation sites excluding steroid dienone is 3. The van der Waals surface area contributed by atoms with E-state index in [1.54, 1.807) is 77.7 Å². The highest BCUT2D eigenvalue weighted by atomic mass is 35.5. The maximum absolute atomic E-state index is 12.0. The number of primary amides is 2. The van der Waals surface area contributed by atoms with Crippen LogP contribution in [0.1, 0.15) is 16.7 Å². The summed E-state index contributed by atoms with van der Waals surface area (Å²) in [7, 11) is 2.84. The first kappa shape index (κ1) is 37.9. The molecule has 0 saturated carbocycles. The van der Waals surface area contributed by atoms with Crippen LogP contribution in [0, 0.1) is 0 Å². The van der Waals surface area contributed by atoms with E-state index in [9.17, 15) is 19.8 Å². The highest BCUT2D eigenvalue weighted by Crippen LogP contribution is 2.30. The fraction of sp³-hybridized carbons (Fsp3) is 0.0513. The van der Waals surface area contributed by atoms with Crippen molar-refractivity contribution >= 4 is 53.3 Å². The van der Waals surface area contributed by atoms with Crippen LogP contribution in [0.15, 0.2) is 125 Å². The van der Waals surface area contributed by atoms with Crippen LogP contribution in [0.2, 0.25) is 5.02 Å². The molecule has 8 N–H and O–H groups in total. The molecule has 0 bridgehead atoms. The molecule has 274 valence electrons. The molecule has 1 heterocycles. The van der Waals surface area contributed by atoms with E-state index in [-0.39, 0.29) is 40.0 Å². The van der Waals surface area contributed by atoms with E-state index in [0.29, 0.717) is 27.4 Å². The normalized spacial score (nSPS) is 11.8. The lowest BCUT2D eigenvalue weighted by atomic mass is 9.98. The second-order valence-electron chi connectivity index (χ2n) is 11.3. The number of rotatable bonds is 13. The van der Waals surface area contributed by atoms with Crippen molar-refractivity contribution in [2.45, 2.75) is 0 Å². The summed E-state index contributed by atoms with van der Waals surface area (Å²) in [5.74, 6) is 0.325. The predicted octanol–water partition coefficient (Wildman–Crippen LogP) is 6.48. The summed E-state index contributed by atoms with van der Waals surface area (Å²) < 4.78 is 12.2. The number of nitrogens with zero attached hydrogens (tertiary/aromatic N) is 4. The Bertz CT molecular complexity index is 2200. The third-order valence-corrected chi connectivity index (χ3v) is 7.83. The molecule has 0 aliphatic rings. The van der Waals surface area contributed by atoms with E-state index < -0.39 is 12.1 Å². The number of halogens is 1. The molecule has 0 aliphatic heterocycles. The van der Waals surface area contributed by atoms with Gasteiger partial charge in [0.25, 0.3) is 0 Å². The number of carbonyl (C=O) groups excluding carboxylic acids is 2. The average Bonchev–Trinajstić information content (AvgIpc) is 3.59. The highest BCUT2D eigenvalue weighted by molar-refractivity contribution is 6.35. The number of methoxy groups -OCH3 is 2. The van der Waals surface area contributed by atoms with Crippen molar-refractivity contribution in [3.05, 3.63) is 137 Å². The second-order valence-corrected chi connectivity index (χ2v) is 11.7. The summed E-state index contributed by atoms with van der Waals surface area (Å²) in [6, 6.07) is 24.0. The summed E-state index contributed by atoms with van der Waals surface area (Å²) in [6.07, 6.45) is 9.93. The number of carbonyl (C=O) groups is 2. The van der Waals surface area contributed by atoms with Crippen molar-refractivity contribution in [1.82, 2.24) is 20.6 Å². The Hall–Kier alpha value is -7.32. The summed E-state index contributed by atoms with van der Waals surface area (Å²) in [4.78, 5) is 24.1. The fourth-order valence-corrected chi connectivity index (χ4v) is 5.15. The lowest BCUT2D eigenvalue weighted by molar-refractivity contribution is 0.248. The second kappa shape index (κ2) is 17.7. The number of aromatic hydroxyl groups is 2. The molecule has 54 heavy (non-hydrogen) atoms. The van der Waals surface area contributed by atoms with E-state index >= 15 is 0 Å². The van der Waals surface area contributed by atoms with Gasteiger partial charge in [0, 0.05) is 27.9 Å². The van der Waals surface area contributed by atoms with Crippen LogP contribution < -0.4 is 31.8 Å². The van der Waals surface area contributed by atoms with Crippen molar-refractivity contribution in [2.75, 3.05) is 14.2 Å². The van der Waals surface area contributed by atoms with Crippen LogP contribution in [0.3, 0.4) is 0 Å². The first-order valence-corrected chi connectivity index (χ1v) is 16.4. The molecule has 0 aliphatic carbocycles. The fourth-order valence-electron chi connectivity index (χ4n) is 5.02. The minimum absolute atomic E-state index is 0.0624.